The Labute approximate surface area is 120 Å². The van der Waals surface area contributed by atoms with E-state index in [0.29, 0.717) is 11.3 Å². The van der Waals surface area contributed by atoms with Crippen LogP contribution in [0.15, 0.2) is 47.6 Å². The average Bonchev–Trinajstić information content (AvgIpc) is 2.48. The van der Waals surface area contributed by atoms with Crippen molar-refractivity contribution in [3.8, 4) is 0 Å². The fourth-order valence-corrected chi connectivity index (χ4v) is 2.54. The molecule has 0 spiro atoms. The molecule has 21 heavy (non-hydrogen) atoms. The van der Waals surface area contributed by atoms with Gasteiger partial charge in [0.2, 0.25) is 0 Å². The van der Waals surface area contributed by atoms with Crippen LogP contribution in [0.1, 0.15) is 15.9 Å². The second kappa shape index (κ2) is 5.90. The highest BCUT2D eigenvalue weighted by atomic mass is 32.2. The number of hydrogen-bond acceptors (Lipinski definition) is 5. The minimum atomic E-state index is -3.89. The molecule has 1 heterocycles. The van der Waals surface area contributed by atoms with Crippen LogP contribution < -0.4 is 4.72 Å². The number of carbonyl (C=O) groups is 1. The van der Waals surface area contributed by atoms with Crippen LogP contribution in [0.5, 0.6) is 0 Å². The maximum absolute atomic E-state index is 12.1. The van der Waals surface area contributed by atoms with Crippen LogP contribution >= 0.6 is 0 Å². The van der Waals surface area contributed by atoms with Crippen LogP contribution in [0.4, 0.5) is 5.69 Å². The zero-order chi connectivity index (χ0) is 15.5. The number of nitrogens with one attached hydrogen (secondary N) is 1. The summed E-state index contributed by atoms with van der Waals surface area (Å²) in [5.41, 5.74) is 0.874. The second-order valence-corrected chi connectivity index (χ2v) is 5.78. The molecule has 0 aliphatic heterocycles. The maximum atomic E-state index is 12.1. The third-order valence-electron chi connectivity index (χ3n) is 2.65. The van der Waals surface area contributed by atoms with Gasteiger partial charge in [-0.05, 0) is 29.8 Å². The predicted molar refractivity (Wildman–Crippen MR) is 74.4 cm³/mol. The Kier molecular flexibility index (Phi) is 4.20. The molecule has 0 fully saturated rings. The summed E-state index contributed by atoms with van der Waals surface area (Å²) < 4.78 is 26.4. The number of carboxylic acids is 1. The number of aromatic nitrogens is 1. The van der Waals surface area contributed by atoms with E-state index in [2.05, 4.69) is 9.71 Å². The van der Waals surface area contributed by atoms with E-state index in [1.165, 1.54) is 18.2 Å². The second-order valence-electron chi connectivity index (χ2n) is 4.15. The number of benzene rings is 1. The summed E-state index contributed by atoms with van der Waals surface area (Å²) in [4.78, 5) is 14.3. The molecule has 2 aromatic rings. The van der Waals surface area contributed by atoms with Gasteiger partial charge in [-0.15, -0.1) is 0 Å². The zero-order valence-corrected chi connectivity index (χ0v) is 11.5. The van der Waals surface area contributed by atoms with Gasteiger partial charge in [0.15, 0.2) is 5.03 Å². The quantitative estimate of drug-likeness (QED) is 0.761. The predicted octanol–water partition coefficient (Wildman–Crippen LogP) is 1.07. The number of carboxylic acid groups (broad SMARTS) is 1. The molecule has 0 saturated heterocycles. The Morgan fingerprint density at radius 1 is 1.14 bits per heavy atom. The SMILES string of the molecule is O=C(O)c1ccc(S(=O)(=O)Nc2ccc(CO)cc2)nc1. The summed E-state index contributed by atoms with van der Waals surface area (Å²) in [6, 6.07) is 8.47. The van der Waals surface area contributed by atoms with Gasteiger partial charge in [-0.3, -0.25) is 4.72 Å². The summed E-state index contributed by atoms with van der Waals surface area (Å²) in [6.45, 7) is -0.134. The Balaban J connectivity index is 2.22. The first-order chi connectivity index (χ1) is 9.92. The number of sulfonamides is 1. The molecule has 1 aromatic heterocycles. The van der Waals surface area contributed by atoms with Crippen molar-refractivity contribution in [3.05, 3.63) is 53.7 Å². The highest BCUT2D eigenvalue weighted by molar-refractivity contribution is 7.92. The Hall–Kier alpha value is -2.45. The van der Waals surface area contributed by atoms with Gasteiger partial charge in [-0.2, -0.15) is 8.42 Å². The lowest BCUT2D eigenvalue weighted by molar-refractivity contribution is 0.0696. The van der Waals surface area contributed by atoms with Crippen molar-refractivity contribution in [1.82, 2.24) is 4.98 Å². The van der Waals surface area contributed by atoms with Crippen molar-refractivity contribution in [2.24, 2.45) is 0 Å². The first kappa shape index (κ1) is 14.9. The topological polar surface area (TPSA) is 117 Å². The van der Waals surface area contributed by atoms with Gasteiger partial charge in [-0.25, -0.2) is 9.78 Å². The number of anilines is 1. The van der Waals surface area contributed by atoms with Gasteiger partial charge in [0, 0.05) is 11.9 Å². The molecule has 0 amide bonds. The third kappa shape index (κ3) is 3.56. The lowest BCUT2D eigenvalue weighted by Crippen LogP contribution is -2.15. The molecule has 110 valence electrons. The monoisotopic (exact) mass is 308 g/mol. The molecule has 8 heteroatoms. The number of aliphatic hydroxyl groups excluding tert-OH is 1. The summed E-state index contributed by atoms with van der Waals surface area (Å²) in [6.07, 6.45) is 0.978. The molecule has 0 bridgehead atoms. The van der Waals surface area contributed by atoms with E-state index in [0.717, 1.165) is 12.3 Å². The molecule has 2 rings (SSSR count). The van der Waals surface area contributed by atoms with Gasteiger partial charge in [0.25, 0.3) is 10.0 Å². The van der Waals surface area contributed by atoms with Gasteiger partial charge in [0.1, 0.15) is 0 Å². The lowest BCUT2D eigenvalue weighted by Gasteiger charge is -2.08. The number of nitrogens with zero attached hydrogens (tertiary/aromatic N) is 1. The molecular weight excluding hydrogens is 296 g/mol. The molecular formula is C13H12N2O5S. The first-order valence-corrected chi connectivity index (χ1v) is 7.32. The standard InChI is InChI=1S/C13H12N2O5S/c16-8-9-1-4-11(5-2-9)15-21(19,20)12-6-3-10(7-14-12)13(17)18/h1-7,15-16H,8H2,(H,17,18). The molecule has 0 saturated carbocycles. The number of hydrogen-bond donors (Lipinski definition) is 3. The van der Waals surface area contributed by atoms with Crippen molar-refractivity contribution in [2.75, 3.05) is 4.72 Å². The average molecular weight is 308 g/mol. The molecule has 0 aliphatic carbocycles. The summed E-state index contributed by atoms with van der Waals surface area (Å²) >= 11 is 0. The molecule has 0 radical (unpaired) electrons. The lowest BCUT2D eigenvalue weighted by atomic mass is 10.2. The fourth-order valence-electron chi connectivity index (χ4n) is 1.55. The fraction of sp³-hybridized carbons (Fsp3) is 0.0769. The smallest absolute Gasteiger partial charge is 0.337 e. The summed E-state index contributed by atoms with van der Waals surface area (Å²) in [7, 11) is -3.89. The van der Waals surface area contributed by atoms with E-state index < -0.39 is 16.0 Å². The van der Waals surface area contributed by atoms with Crippen molar-refractivity contribution in [2.45, 2.75) is 11.6 Å². The Morgan fingerprint density at radius 3 is 2.29 bits per heavy atom. The van der Waals surface area contributed by atoms with Crippen molar-refractivity contribution in [1.29, 1.82) is 0 Å². The van der Waals surface area contributed by atoms with Crippen molar-refractivity contribution < 1.29 is 23.4 Å². The van der Waals surface area contributed by atoms with Gasteiger partial charge in [-0.1, -0.05) is 12.1 Å². The minimum absolute atomic E-state index is 0.0961. The highest BCUT2D eigenvalue weighted by Gasteiger charge is 2.16. The van der Waals surface area contributed by atoms with Crippen molar-refractivity contribution >= 4 is 21.7 Å². The summed E-state index contributed by atoms with van der Waals surface area (Å²) in [5.74, 6) is -1.18. The highest BCUT2D eigenvalue weighted by Crippen LogP contribution is 2.15. The third-order valence-corrected chi connectivity index (χ3v) is 3.94. The number of pyridine rings is 1. The van der Waals surface area contributed by atoms with E-state index in [1.807, 2.05) is 0 Å². The van der Waals surface area contributed by atoms with E-state index in [4.69, 9.17) is 10.2 Å². The molecule has 1 aromatic carbocycles. The maximum Gasteiger partial charge on any atom is 0.337 e. The Bertz CT molecular complexity index is 739. The van der Waals surface area contributed by atoms with Crippen LogP contribution in [0.3, 0.4) is 0 Å². The normalized spacial score (nSPS) is 11.1. The summed E-state index contributed by atoms with van der Waals surface area (Å²) in [5, 5.41) is 17.4. The molecule has 7 nitrogen and oxygen atoms in total. The number of aliphatic hydroxyl groups is 1. The van der Waals surface area contributed by atoms with Crippen LogP contribution in [0, 0.1) is 0 Å². The van der Waals surface area contributed by atoms with E-state index >= 15 is 0 Å². The van der Waals surface area contributed by atoms with Crippen LogP contribution in [0.25, 0.3) is 0 Å². The van der Waals surface area contributed by atoms with Gasteiger partial charge in [0.05, 0.1) is 12.2 Å². The zero-order valence-electron chi connectivity index (χ0n) is 10.7. The van der Waals surface area contributed by atoms with E-state index in [9.17, 15) is 13.2 Å². The van der Waals surface area contributed by atoms with E-state index in [1.54, 1.807) is 12.1 Å². The molecule has 3 N–H and O–H groups in total. The first-order valence-electron chi connectivity index (χ1n) is 5.84. The van der Waals surface area contributed by atoms with Crippen LogP contribution in [-0.4, -0.2) is 29.6 Å². The molecule has 0 aliphatic rings. The molecule has 0 atom stereocenters. The van der Waals surface area contributed by atoms with Gasteiger partial charge >= 0.3 is 5.97 Å². The minimum Gasteiger partial charge on any atom is -0.478 e. The number of rotatable bonds is 5. The number of aromatic carboxylic acids is 1. The van der Waals surface area contributed by atoms with Crippen LogP contribution in [0.2, 0.25) is 0 Å². The van der Waals surface area contributed by atoms with E-state index in [-0.39, 0.29) is 17.2 Å². The van der Waals surface area contributed by atoms with Gasteiger partial charge < -0.3 is 10.2 Å². The van der Waals surface area contributed by atoms with Crippen molar-refractivity contribution in [3.63, 3.8) is 0 Å². The molecule has 0 unspecified atom stereocenters. The largest absolute Gasteiger partial charge is 0.478 e. The Morgan fingerprint density at radius 2 is 1.81 bits per heavy atom. The van der Waals surface area contributed by atoms with Crippen LogP contribution in [-0.2, 0) is 16.6 Å².